The fourth-order valence-electron chi connectivity index (χ4n) is 4.47. The van der Waals surface area contributed by atoms with Crippen molar-refractivity contribution < 1.29 is 18.3 Å². The number of hydrogen-bond donors (Lipinski definition) is 2. The van der Waals surface area contributed by atoms with Crippen LogP contribution >= 0.6 is 11.3 Å². The lowest BCUT2D eigenvalue weighted by Gasteiger charge is -2.10. The third-order valence-corrected chi connectivity index (χ3v) is 8.29. The highest BCUT2D eigenvalue weighted by atomic mass is 32.2. The van der Waals surface area contributed by atoms with Crippen LogP contribution in [-0.4, -0.2) is 25.5 Å². The monoisotopic (exact) mass is 327 g/mol. The van der Waals surface area contributed by atoms with Gasteiger partial charge in [-0.2, -0.15) is 0 Å². The van der Waals surface area contributed by atoms with Gasteiger partial charge in [0.25, 0.3) is 0 Å². The zero-order valence-electron chi connectivity index (χ0n) is 11.4. The zero-order valence-corrected chi connectivity index (χ0v) is 13.0. The number of carboxylic acids is 1. The molecule has 0 amide bonds. The number of carbonyl (C=O) groups is 1. The van der Waals surface area contributed by atoms with Crippen LogP contribution in [0.5, 0.6) is 0 Å². The van der Waals surface area contributed by atoms with Crippen LogP contribution in [0.1, 0.15) is 24.1 Å². The fourth-order valence-corrected chi connectivity index (χ4v) is 7.13. The number of thiophene rings is 1. The molecule has 1 aromatic heterocycles. The number of nitrogens with one attached hydrogen (secondary N) is 1. The molecule has 0 saturated heterocycles. The van der Waals surface area contributed by atoms with Crippen molar-refractivity contribution in [3.05, 3.63) is 17.0 Å². The molecule has 0 aromatic carbocycles. The number of aliphatic carboxylic acids is 1. The fraction of sp³-hybridized carbons (Fsp3) is 0.643. The molecule has 0 radical (unpaired) electrons. The van der Waals surface area contributed by atoms with Crippen LogP contribution in [0.2, 0.25) is 0 Å². The Balaban J connectivity index is 1.47. The molecule has 1 aromatic rings. The lowest BCUT2D eigenvalue weighted by atomic mass is 10.0. The molecule has 2 N–H and O–H groups in total. The molecule has 5 nitrogen and oxygen atoms in total. The van der Waals surface area contributed by atoms with Crippen LogP contribution < -0.4 is 4.72 Å². The van der Waals surface area contributed by atoms with E-state index in [1.54, 1.807) is 6.07 Å². The lowest BCUT2D eigenvalue weighted by Crippen LogP contribution is -2.29. The van der Waals surface area contributed by atoms with E-state index >= 15 is 0 Å². The van der Waals surface area contributed by atoms with Crippen LogP contribution in [0.15, 0.2) is 16.3 Å². The molecule has 21 heavy (non-hydrogen) atoms. The predicted molar refractivity (Wildman–Crippen MR) is 77.6 cm³/mol. The first-order chi connectivity index (χ1) is 9.95. The highest BCUT2D eigenvalue weighted by Gasteiger charge is 2.65. The second kappa shape index (κ2) is 4.54. The van der Waals surface area contributed by atoms with Crippen LogP contribution in [0.4, 0.5) is 0 Å². The minimum absolute atomic E-state index is 0.117. The average molecular weight is 327 g/mol. The number of rotatable bonds is 5. The Morgan fingerprint density at radius 1 is 1.29 bits per heavy atom. The highest BCUT2D eigenvalue weighted by molar-refractivity contribution is 7.91. The molecule has 114 valence electrons. The van der Waals surface area contributed by atoms with E-state index in [1.807, 2.05) is 0 Å². The maximum absolute atomic E-state index is 12.4. The highest BCUT2D eigenvalue weighted by Crippen LogP contribution is 2.65. The summed E-state index contributed by atoms with van der Waals surface area (Å²) in [7, 11) is -3.50. The van der Waals surface area contributed by atoms with Crippen LogP contribution in [0, 0.1) is 23.7 Å². The minimum Gasteiger partial charge on any atom is -0.481 e. The Hall–Kier alpha value is -0.920. The van der Waals surface area contributed by atoms with Crippen LogP contribution in [0.25, 0.3) is 0 Å². The van der Waals surface area contributed by atoms with Crippen LogP contribution in [0.3, 0.4) is 0 Å². The van der Waals surface area contributed by atoms with Gasteiger partial charge in [0.05, 0.1) is 6.42 Å². The molecule has 0 spiro atoms. The summed E-state index contributed by atoms with van der Waals surface area (Å²) >= 11 is 1.05. The number of sulfonamides is 1. The Morgan fingerprint density at radius 3 is 2.57 bits per heavy atom. The zero-order chi connectivity index (χ0) is 14.8. The van der Waals surface area contributed by atoms with Crippen molar-refractivity contribution in [2.45, 2.75) is 35.9 Å². The second-order valence-electron chi connectivity index (χ2n) is 6.43. The van der Waals surface area contributed by atoms with E-state index in [0.29, 0.717) is 16.7 Å². The Kier molecular flexibility index (Phi) is 2.96. The topological polar surface area (TPSA) is 83.5 Å². The third-order valence-electron chi connectivity index (χ3n) is 5.25. The molecular weight excluding hydrogens is 310 g/mol. The summed E-state index contributed by atoms with van der Waals surface area (Å²) < 4.78 is 27.9. The molecule has 2 bridgehead atoms. The standard InChI is InChI=1S/C14H17NO4S2/c16-10(17)6-9-3-4-11(20-9)21(18,19)15-14-12-7-1-2-8(5-7)13(12)14/h3-4,7-8,12-15H,1-2,5-6H2,(H,16,17). The SMILES string of the molecule is O=C(O)Cc1ccc(S(=O)(=O)NC2C3C4CCC(C4)C23)s1. The number of fused-ring (bicyclic) bond motifs is 5. The molecule has 3 saturated carbocycles. The first-order valence-electron chi connectivity index (χ1n) is 7.28. The maximum Gasteiger partial charge on any atom is 0.308 e. The quantitative estimate of drug-likeness (QED) is 0.862. The molecule has 0 aliphatic heterocycles. The van der Waals surface area contributed by atoms with Gasteiger partial charge in [0, 0.05) is 10.9 Å². The molecule has 1 heterocycles. The molecule has 7 heteroatoms. The number of hydrogen-bond acceptors (Lipinski definition) is 4. The maximum atomic E-state index is 12.4. The van der Waals surface area contributed by atoms with Crippen molar-refractivity contribution in [3.8, 4) is 0 Å². The van der Waals surface area contributed by atoms with Crippen molar-refractivity contribution in [2.24, 2.45) is 23.7 Å². The van der Waals surface area contributed by atoms with E-state index in [-0.39, 0.29) is 16.7 Å². The average Bonchev–Trinajstić information content (AvgIpc) is 2.84. The van der Waals surface area contributed by atoms with Gasteiger partial charge in [0.15, 0.2) is 0 Å². The predicted octanol–water partition coefficient (Wildman–Crippen LogP) is 1.70. The second-order valence-corrected chi connectivity index (χ2v) is 9.54. The van der Waals surface area contributed by atoms with Gasteiger partial charge in [-0.05, 0) is 55.1 Å². The minimum atomic E-state index is -3.50. The summed E-state index contributed by atoms with van der Waals surface area (Å²) in [6, 6.07) is 3.22. The van der Waals surface area contributed by atoms with E-state index in [9.17, 15) is 13.2 Å². The summed E-state index contributed by atoms with van der Waals surface area (Å²) in [4.78, 5) is 11.2. The smallest absolute Gasteiger partial charge is 0.308 e. The van der Waals surface area contributed by atoms with Crippen molar-refractivity contribution >= 4 is 27.3 Å². The molecule has 3 fully saturated rings. The summed E-state index contributed by atoms with van der Waals surface area (Å²) in [6.45, 7) is 0. The van der Waals surface area contributed by atoms with E-state index in [0.717, 1.165) is 23.2 Å². The van der Waals surface area contributed by atoms with E-state index < -0.39 is 16.0 Å². The largest absolute Gasteiger partial charge is 0.481 e. The molecule has 4 unspecified atom stereocenters. The molecule has 3 aliphatic carbocycles. The van der Waals surface area contributed by atoms with Crippen molar-refractivity contribution in [1.82, 2.24) is 4.72 Å². The Morgan fingerprint density at radius 2 is 1.95 bits per heavy atom. The number of carboxylic acid groups (broad SMARTS) is 1. The van der Waals surface area contributed by atoms with Gasteiger partial charge in [-0.1, -0.05) is 0 Å². The normalized spacial score (nSPS) is 36.7. The first-order valence-corrected chi connectivity index (χ1v) is 9.58. The van der Waals surface area contributed by atoms with Gasteiger partial charge in [0.1, 0.15) is 4.21 Å². The van der Waals surface area contributed by atoms with Crippen LogP contribution in [-0.2, 0) is 21.2 Å². The van der Waals surface area contributed by atoms with Crippen molar-refractivity contribution in [1.29, 1.82) is 0 Å². The van der Waals surface area contributed by atoms with Gasteiger partial charge in [-0.15, -0.1) is 11.3 Å². The van der Waals surface area contributed by atoms with Gasteiger partial charge >= 0.3 is 5.97 Å². The van der Waals surface area contributed by atoms with Gasteiger partial charge in [0.2, 0.25) is 10.0 Å². The van der Waals surface area contributed by atoms with E-state index in [2.05, 4.69) is 4.72 Å². The van der Waals surface area contributed by atoms with E-state index in [4.69, 9.17) is 5.11 Å². The molecule has 4 atom stereocenters. The van der Waals surface area contributed by atoms with Crippen molar-refractivity contribution in [2.75, 3.05) is 0 Å². The first kappa shape index (κ1) is 13.7. The summed E-state index contributed by atoms with van der Waals surface area (Å²) in [5.41, 5.74) is 0. The molecule has 4 rings (SSSR count). The summed E-state index contributed by atoms with van der Waals surface area (Å²) in [6.07, 6.45) is 3.67. The third kappa shape index (κ3) is 2.22. The van der Waals surface area contributed by atoms with Gasteiger partial charge < -0.3 is 5.11 Å². The van der Waals surface area contributed by atoms with Crippen molar-refractivity contribution in [3.63, 3.8) is 0 Å². The lowest BCUT2D eigenvalue weighted by molar-refractivity contribution is -0.136. The van der Waals surface area contributed by atoms with Gasteiger partial charge in [-0.25, -0.2) is 13.1 Å². The molecular formula is C14H17NO4S2. The summed E-state index contributed by atoms with van der Waals surface area (Å²) in [5.74, 6) is 1.60. The Labute approximate surface area is 127 Å². The van der Waals surface area contributed by atoms with E-state index in [1.165, 1.54) is 25.3 Å². The molecule has 3 aliphatic rings. The Bertz CT molecular complexity index is 680. The van der Waals surface area contributed by atoms with Gasteiger partial charge in [-0.3, -0.25) is 4.79 Å². The summed E-state index contributed by atoms with van der Waals surface area (Å²) in [5, 5.41) is 8.75.